The molecule has 25 heavy (non-hydrogen) atoms. The van der Waals surface area contributed by atoms with E-state index in [9.17, 15) is 20.1 Å². The minimum atomic E-state index is -0.594. The molecule has 0 bridgehead atoms. The molecule has 0 spiro atoms. The third-order valence-corrected chi connectivity index (χ3v) is 4.92. The Morgan fingerprint density at radius 3 is 2.64 bits per heavy atom. The predicted octanol–water partition coefficient (Wildman–Crippen LogP) is 2.13. The number of carbonyl (C=O) groups excluding carboxylic acids is 1. The summed E-state index contributed by atoms with van der Waals surface area (Å²) in [5, 5.41) is 39.0. The van der Waals surface area contributed by atoms with Crippen molar-refractivity contribution in [2.75, 3.05) is 6.61 Å². The second-order valence-electron chi connectivity index (χ2n) is 7.00. The Hall–Kier alpha value is -1.01. The Morgan fingerprint density at radius 1 is 1.20 bits per heavy atom. The highest BCUT2D eigenvalue weighted by atomic mass is 16.3. The summed E-state index contributed by atoms with van der Waals surface area (Å²) in [5.41, 5.74) is 0. The molecule has 0 aromatic carbocycles. The fourth-order valence-corrected chi connectivity index (χ4v) is 3.36. The SMILES string of the molecule is CCCCC[C@H](O)C=C[C@@H]1[C@@H](CC=CCCC(=O)CO)[C@@H](O)C[C@H]1O. The van der Waals surface area contributed by atoms with E-state index in [1.807, 2.05) is 18.2 Å². The Morgan fingerprint density at radius 2 is 1.96 bits per heavy atom. The van der Waals surface area contributed by atoms with Gasteiger partial charge in [0.25, 0.3) is 0 Å². The summed E-state index contributed by atoms with van der Waals surface area (Å²) in [6, 6.07) is 0. The van der Waals surface area contributed by atoms with Crippen LogP contribution in [0.25, 0.3) is 0 Å². The fourth-order valence-electron chi connectivity index (χ4n) is 3.36. The third kappa shape index (κ3) is 8.27. The maximum atomic E-state index is 11.0. The van der Waals surface area contributed by atoms with Gasteiger partial charge in [0, 0.05) is 18.8 Å². The van der Waals surface area contributed by atoms with Gasteiger partial charge in [-0.2, -0.15) is 0 Å². The van der Waals surface area contributed by atoms with E-state index in [0.29, 0.717) is 25.7 Å². The van der Waals surface area contributed by atoms with Crippen molar-refractivity contribution in [3.05, 3.63) is 24.3 Å². The molecule has 0 saturated heterocycles. The van der Waals surface area contributed by atoms with Crippen molar-refractivity contribution < 1.29 is 25.2 Å². The molecular weight excluding hydrogens is 320 g/mol. The van der Waals surface area contributed by atoms with Gasteiger partial charge in [0.2, 0.25) is 0 Å². The van der Waals surface area contributed by atoms with Crippen LogP contribution in [0.3, 0.4) is 0 Å². The highest BCUT2D eigenvalue weighted by Crippen LogP contribution is 2.36. The van der Waals surface area contributed by atoms with Gasteiger partial charge in [-0.1, -0.05) is 50.5 Å². The van der Waals surface area contributed by atoms with E-state index in [-0.39, 0.29) is 17.6 Å². The smallest absolute Gasteiger partial charge is 0.158 e. The zero-order valence-electron chi connectivity index (χ0n) is 15.3. The van der Waals surface area contributed by atoms with Crippen LogP contribution in [-0.4, -0.2) is 51.1 Å². The lowest BCUT2D eigenvalue weighted by Gasteiger charge is -2.19. The number of Topliss-reactive ketones (excluding diaryl/α,β-unsaturated/α-hetero) is 1. The average molecular weight is 354 g/mol. The molecule has 1 aliphatic carbocycles. The van der Waals surface area contributed by atoms with E-state index < -0.39 is 24.9 Å². The molecule has 0 unspecified atom stereocenters. The molecular formula is C20H34O5. The van der Waals surface area contributed by atoms with Gasteiger partial charge in [-0.3, -0.25) is 4.79 Å². The van der Waals surface area contributed by atoms with Gasteiger partial charge in [-0.05, 0) is 25.2 Å². The topological polar surface area (TPSA) is 98.0 Å². The number of rotatable bonds is 12. The van der Waals surface area contributed by atoms with Crippen molar-refractivity contribution in [2.24, 2.45) is 11.8 Å². The van der Waals surface area contributed by atoms with Crippen LogP contribution in [0, 0.1) is 11.8 Å². The molecule has 0 heterocycles. The maximum Gasteiger partial charge on any atom is 0.158 e. The quantitative estimate of drug-likeness (QED) is 0.318. The summed E-state index contributed by atoms with van der Waals surface area (Å²) in [6.07, 6.45) is 11.5. The van der Waals surface area contributed by atoms with Crippen LogP contribution in [-0.2, 0) is 4.79 Å². The molecule has 5 nitrogen and oxygen atoms in total. The van der Waals surface area contributed by atoms with E-state index >= 15 is 0 Å². The van der Waals surface area contributed by atoms with E-state index in [2.05, 4.69) is 6.92 Å². The minimum Gasteiger partial charge on any atom is -0.393 e. The second kappa shape index (κ2) is 12.4. The van der Waals surface area contributed by atoms with Crippen molar-refractivity contribution in [3.8, 4) is 0 Å². The standard InChI is InChI=1S/C20H34O5/c1-2-3-5-8-15(22)11-12-18-17(19(24)13-20(18)25)10-7-4-6-9-16(23)14-21/h4,7,11-12,15,17-22,24-25H,2-3,5-6,8-10,13-14H2,1H3/t15-,17+,18+,19-,20+/m0/s1. The van der Waals surface area contributed by atoms with Crippen LogP contribution < -0.4 is 0 Å². The lowest BCUT2D eigenvalue weighted by molar-refractivity contribution is -0.121. The molecule has 4 N–H and O–H groups in total. The Bertz CT molecular complexity index is 432. The number of ketones is 1. The Kier molecular flexibility index (Phi) is 10.9. The van der Waals surface area contributed by atoms with Crippen LogP contribution in [0.4, 0.5) is 0 Å². The van der Waals surface area contributed by atoms with E-state index in [1.54, 1.807) is 6.08 Å². The third-order valence-electron chi connectivity index (χ3n) is 4.92. The van der Waals surface area contributed by atoms with Gasteiger partial charge in [0.15, 0.2) is 5.78 Å². The molecule has 144 valence electrons. The van der Waals surface area contributed by atoms with Crippen molar-refractivity contribution in [3.63, 3.8) is 0 Å². The van der Waals surface area contributed by atoms with E-state index in [0.717, 1.165) is 25.7 Å². The maximum absolute atomic E-state index is 11.0. The summed E-state index contributed by atoms with van der Waals surface area (Å²) in [7, 11) is 0. The van der Waals surface area contributed by atoms with E-state index in [4.69, 9.17) is 5.11 Å². The average Bonchev–Trinajstić information content (AvgIpc) is 2.85. The summed E-state index contributed by atoms with van der Waals surface area (Å²) in [6.45, 7) is 1.70. The van der Waals surface area contributed by atoms with Crippen molar-refractivity contribution in [1.29, 1.82) is 0 Å². The molecule has 1 saturated carbocycles. The number of carbonyl (C=O) groups is 1. The highest BCUT2D eigenvalue weighted by molar-refractivity contribution is 5.79. The molecule has 0 aromatic heterocycles. The van der Waals surface area contributed by atoms with E-state index in [1.165, 1.54) is 0 Å². The first kappa shape index (κ1) is 22.0. The number of aliphatic hydroxyl groups is 4. The lowest BCUT2D eigenvalue weighted by Crippen LogP contribution is -2.20. The summed E-state index contributed by atoms with van der Waals surface area (Å²) < 4.78 is 0. The van der Waals surface area contributed by atoms with Crippen LogP contribution >= 0.6 is 0 Å². The summed E-state index contributed by atoms with van der Waals surface area (Å²) in [4.78, 5) is 11.0. The molecule has 5 atom stereocenters. The number of hydrogen-bond donors (Lipinski definition) is 4. The van der Waals surface area contributed by atoms with Gasteiger partial charge >= 0.3 is 0 Å². The van der Waals surface area contributed by atoms with Gasteiger partial charge in [-0.25, -0.2) is 0 Å². The zero-order valence-corrected chi connectivity index (χ0v) is 15.3. The molecule has 0 amide bonds. The van der Waals surface area contributed by atoms with Crippen LogP contribution in [0.5, 0.6) is 0 Å². The second-order valence-corrected chi connectivity index (χ2v) is 7.00. The number of unbranched alkanes of at least 4 members (excludes halogenated alkanes) is 2. The molecule has 5 heteroatoms. The molecule has 0 radical (unpaired) electrons. The van der Waals surface area contributed by atoms with Gasteiger partial charge < -0.3 is 20.4 Å². The van der Waals surface area contributed by atoms with Gasteiger partial charge in [0.1, 0.15) is 6.61 Å². The van der Waals surface area contributed by atoms with Crippen LogP contribution in [0.2, 0.25) is 0 Å². The fraction of sp³-hybridized carbons (Fsp3) is 0.750. The van der Waals surface area contributed by atoms with Crippen molar-refractivity contribution in [2.45, 2.75) is 76.6 Å². The lowest BCUT2D eigenvalue weighted by atomic mass is 9.89. The number of hydrogen-bond acceptors (Lipinski definition) is 5. The monoisotopic (exact) mass is 354 g/mol. The highest BCUT2D eigenvalue weighted by Gasteiger charge is 2.39. The number of aliphatic hydroxyl groups excluding tert-OH is 4. The zero-order chi connectivity index (χ0) is 18.7. The molecule has 1 fully saturated rings. The largest absolute Gasteiger partial charge is 0.393 e. The molecule has 0 aliphatic heterocycles. The molecule has 1 aliphatic rings. The van der Waals surface area contributed by atoms with Crippen molar-refractivity contribution >= 4 is 5.78 Å². The minimum absolute atomic E-state index is 0.0844. The van der Waals surface area contributed by atoms with Gasteiger partial charge in [-0.15, -0.1) is 0 Å². The summed E-state index contributed by atoms with van der Waals surface area (Å²) >= 11 is 0. The predicted molar refractivity (Wildman–Crippen MR) is 98.0 cm³/mol. The molecule has 1 rings (SSSR count). The Labute approximate surface area is 151 Å². The first-order valence-electron chi connectivity index (χ1n) is 9.49. The van der Waals surface area contributed by atoms with Gasteiger partial charge in [0.05, 0.1) is 18.3 Å². The number of allylic oxidation sites excluding steroid dienone is 2. The summed E-state index contributed by atoms with van der Waals surface area (Å²) in [5.74, 6) is -0.433. The van der Waals surface area contributed by atoms with Crippen LogP contribution in [0.1, 0.15) is 58.3 Å². The first-order chi connectivity index (χ1) is 12.0. The molecule has 0 aromatic rings. The normalized spacial score (nSPS) is 28.2. The first-order valence-corrected chi connectivity index (χ1v) is 9.49. The Balaban J connectivity index is 2.49. The van der Waals surface area contributed by atoms with Crippen LogP contribution in [0.15, 0.2) is 24.3 Å². The van der Waals surface area contributed by atoms with Crippen molar-refractivity contribution in [1.82, 2.24) is 0 Å².